The van der Waals surface area contributed by atoms with Crippen molar-refractivity contribution in [1.29, 1.82) is 0 Å². The average Bonchev–Trinajstić information content (AvgIpc) is 2.43. The van der Waals surface area contributed by atoms with Gasteiger partial charge in [-0.05, 0) is 30.6 Å². The SMILES string of the molecule is C=C/C=C\C(=C)C(/C(C=C)=C/C=C)C(/C=C\C)=C/C. The van der Waals surface area contributed by atoms with Gasteiger partial charge in [-0.25, -0.2) is 0 Å². The van der Waals surface area contributed by atoms with Crippen LogP contribution in [-0.4, -0.2) is 0 Å². The topological polar surface area (TPSA) is 0 Å². The molecule has 0 aromatic heterocycles. The molecule has 0 radical (unpaired) electrons. The lowest BCUT2D eigenvalue weighted by atomic mass is 9.83. The van der Waals surface area contributed by atoms with Crippen LogP contribution in [0.25, 0.3) is 0 Å². The predicted octanol–water partition coefficient (Wildman–Crippen LogP) is 5.72. The standard InChI is InChI=1S/C19H24/c1-7-12-15-16(6)19(17(10-4)13-8-2)18(11-5)14-9-3/h7-15,19H,1-2,4,6H2,3,5H3/b14-9-,15-12-,17-13+,18-11+. The van der Waals surface area contributed by atoms with Crippen LogP contribution in [0.3, 0.4) is 0 Å². The number of hydrogen-bond donors (Lipinski definition) is 0. The molecule has 0 aliphatic rings. The van der Waals surface area contributed by atoms with Crippen LogP contribution in [0.15, 0.2) is 97.7 Å². The molecule has 0 aromatic carbocycles. The molecule has 0 heteroatoms. The lowest BCUT2D eigenvalue weighted by molar-refractivity contribution is 0.907. The van der Waals surface area contributed by atoms with Crippen molar-refractivity contribution in [3.63, 3.8) is 0 Å². The molecule has 1 unspecified atom stereocenters. The van der Waals surface area contributed by atoms with Gasteiger partial charge in [-0.2, -0.15) is 0 Å². The molecular weight excluding hydrogens is 228 g/mol. The summed E-state index contributed by atoms with van der Waals surface area (Å²) >= 11 is 0. The number of allylic oxidation sites excluding steroid dienone is 12. The third-order valence-electron chi connectivity index (χ3n) is 2.72. The first-order chi connectivity index (χ1) is 9.15. The van der Waals surface area contributed by atoms with E-state index in [9.17, 15) is 0 Å². The van der Waals surface area contributed by atoms with Crippen LogP contribution in [0, 0.1) is 5.92 Å². The highest BCUT2D eigenvalue weighted by molar-refractivity contribution is 5.45. The molecule has 0 aromatic rings. The lowest BCUT2D eigenvalue weighted by Crippen LogP contribution is -2.07. The van der Waals surface area contributed by atoms with Crippen molar-refractivity contribution in [3.05, 3.63) is 97.7 Å². The van der Waals surface area contributed by atoms with E-state index in [0.29, 0.717) is 0 Å². The monoisotopic (exact) mass is 252 g/mol. The molecule has 1 atom stereocenters. The minimum atomic E-state index is 0.0906. The Morgan fingerprint density at radius 3 is 2.05 bits per heavy atom. The molecule has 0 aliphatic heterocycles. The lowest BCUT2D eigenvalue weighted by Gasteiger charge is -2.20. The number of rotatable bonds is 8. The summed E-state index contributed by atoms with van der Waals surface area (Å²) in [6, 6.07) is 0. The highest BCUT2D eigenvalue weighted by Crippen LogP contribution is 2.30. The van der Waals surface area contributed by atoms with Crippen molar-refractivity contribution in [2.75, 3.05) is 0 Å². The summed E-state index contributed by atoms with van der Waals surface area (Å²) < 4.78 is 0. The minimum Gasteiger partial charge on any atom is -0.0991 e. The van der Waals surface area contributed by atoms with E-state index in [2.05, 4.69) is 38.5 Å². The van der Waals surface area contributed by atoms with Crippen molar-refractivity contribution >= 4 is 0 Å². The Morgan fingerprint density at radius 2 is 1.63 bits per heavy atom. The van der Waals surface area contributed by atoms with Gasteiger partial charge < -0.3 is 0 Å². The maximum Gasteiger partial charge on any atom is 0.0330 e. The van der Waals surface area contributed by atoms with Crippen molar-refractivity contribution in [2.45, 2.75) is 13.8 Å². The third kappa shape index (κ3) is 5.39. The Kier molecular flexibility index (Phi) is 8.82. The Bertz CT molecular complexity index is 450. The summed E-state index contributed by atoms with van der Waals surface area (Å²) in [5.74, 6) is 0.0906. The molecule has 100 valence electrons. The molecule has 0 fully saturated rings. The van der Waals surface area contributed by atoms with Crippen molar-refractivity contribution in [2.24, 2.45) is 5.92 Å². The van der Waals surface area contributed by atoms with E-state index in [-0.39, 0.29) is 5.92 Å². The molecular formula is C19H24. The molecule has 0 heterocycles. The van der Waals surface area contributed by atoms with E-state index in [1.54, 1.807) is 12.2 Å². The van der Waals surface area contributed by atoms with Gasteiger partial charge in [-0.15, -0.1) is 0 Å². The summed E-state index contributed by atoms with van der Waals surface area (Å²) in [7, 11) is 0. The minimum absolute atomic E-state index is 0.0906. The van der Waals surface area contributed by atoms with Gasteiger partial charge in [0.2, 0.25) is 0 Å². The Labute approximate surface area is 118 Å². The van der Waals surface area contributed by atoms with Crippen LogP contribution < -0.4 is 0 Å². The summed E-state index contributed by atoms with van der Waals surface area (Å²) in [5, 5.41) is 0. The Hall–Kier alpha value is -2.08. The van der Waals surface area contributed by atoms with Crippen molar-refractivity contribution < 1.29 is 0 Å². The highest BCUT2D eigenvalue weighted by atomic mass is 14.2. The maximum absolute atomic E-state index is 4.16. The second-order valence-electron chi connectivity index (χ2n) is 4.00. The van der Waals surface area contributed by atoms with E-state index in [4.69, 9.17) is 0 Å². The third-order valence-corrected chi connectivity index (χ3v) is 2.72. The first-order valence-corrected chi connectivity index (χ1v) is 6.38. The molecule has 0 saturated carbocycles. The Morgan fingerprint density at radius 1 is 0.947 bits per heavy atom. The smallest absolute Gasteiger partial charge is 0.0330 e. The van der Waals surface area contributed by atoms with E-state index in [0.717, 1.165) is 11.1 Å². The summed E-state index contributed by atoms with van der Waals surface area (Å²) in [6.07, 6.45) is 17.4. The normalized spacial score (nSPS) is 14.6. The molecule has 0 amide bonds. The average molecular weight is 252 g/mol. The molecule has 0 N–H and O–H groups in total. The molecule has 0 saturated heterocycles. The van der Waals surface area contributed by atoms with Gasteiger partial charge in [0.15, 0.2) is 0 Å². The van der Waals surface area contributed by atoms with Crippen LogP contribution in [-0.2, 0) is 0 Å². The fourth-order valence-electron chi connectivity index (χ4n) is 1.88. The quantitative estimate of drug-likeness (QED) is 0.484. The first-order valence-electron chi connectivity index (χ1n) is 6.38. The zero-order valence-electron chi connectivity index (χ0n) is 12.1. The fourth-order valence-corrected chi connectivity index (χ4v) is 1.88. The molecule has 0 bridgehead atoms. The van der Waals surface area contributed by atoms with E-state index < -0.39 is 0 Å². The molecule has 0 spiro atoms. The van der Waals surface area contributed by atoms with E-state index in [1.165, 1.54) is 5.57 Å². The fraction of sp³-hybridized carbons (Fsp3) is 0.158. The summed E-state index contributed by atoms with van der Waals surface area (Å²) in [4.78, 5) is 0. The van der Waals surface area contributed by atoms with Gasteiger partial charge in [-0.1, -0.05) is 81.0 Å². The second-order valence-corrected chi connectivity index (χ2v) is 4.00. The Balaban J connectivity index is 5.72. The molecule has 0 aliphatic carbocycles. The van der Waals surface area contributed by atoms with Gasteiger partial charge in [0.25, 0.3) is 0 Å². The molecule has 0 rings (SSSR count). The van der Waals surface area contributed by atoms with Crippen LogP contribution in [0.4, 0.5) is 0 Å². The maximum atomic E-state index is 4.16. The zero-order valence-corrected chi connectivity index (χ0v) is 12.1. The van der Waals surface area contributed by atoms with Gasteiger partial charge in [0.05, 0.1) is 0 Å². The second kappa shape index (κ2) is 9.90. The largest absolute Gasteiger partial charge is 0.0991 e. The highest BCUT2D eigenvalue weighted by Gasteiger charge is 2.16. The van der Waals surface area contributed by atoms with Gasteiger partial charge in [0, 0.05) is 5.92 Å². The van der Waals surface area contributed by atoms with Gasteiger partial charge in [-0.3, -0.25) is 0 Å². The molecule has 19 heavy (non-hydrogen) atoms. The van der Waals surface area contributed by atoms with Crippen molar-refractivity contribution in [3.8, 4) is 0 Å². The van der Waals surface area contributed by atoms with Crippen LogP contribution in [0.5, 0.6) is 0 Å². The van der Waals surface area contributed by atoms with Crippen LogP contribution >= 0.6 is 0 Å². The predicted molar refractivity (Wildman–Crippen MR) is 89.0 cm³/mol. The van der Waals surface area contributed by atoms with Gasteiger partial charge >= 0.3 is 0 Å². The van der Waals surface area contributed by atoms with Crippen LogP contribution in [0.2, 0.25) is 0 Å². The van der Waals surface area contributed by atoms with Gasteiger partial charge in [0.1, 0.15) is 0 Å². The first kappa shape index (κ1) is 16.9. The molecule has 0 nitrogen and oxygen atoms in total. The van der Waals surface area contributed by atoms with E-state index in [1.807, 2.05) is 44.2 Å². The zero-order chi connectivity index (χ0) is 14.7. The number of hydrogen-bond acceptors (Lipinski definition) is 0. The van der Waals surface area contributed by atoms with E-state index >= 15 is 0 Å². The van der Waals surface area contributed by atoms with Crippen LogP contribution in [0.1, 0.15) is 13.8 Å². The summed E-state index contributed by atoms with van der Waals surface area (Å²) in [5.41, 5.74) is 3.27. The van der Waals surface area contributed by atoms with Crippen molar-refractivity contribution in [1.82, 2.24) is 0 Å². The summed E-state index contributed by atoms with van der Waals surface area (Å²) in [6.45, 7) is 19.5.